The van der Waals surface area contributed by atoms with Crippen molar-refractivity contribution in [3.63, 3.8) is 0 Å². The highest BCUT2D eigenvalue weighted by Gasteiger charge is 2.16. The van der Waals surface area contributed by atoms with Crippen LogP contribution in [0.15, 0.2) is 188 Å². The van der Waals surface area contributed by atoms with Crippen LogP contribution < -0.4 is 0 Å². The van der Waals surface area contributed by atoms with E-state index in [9.17, 15) is 0 Å². The van der Waals surface area contributed by atoms with Gasteiger partial charge in [0.15, 0.2) is 0 Å². The van der Waals surface area contributed by atoms with Gasteiger partial charge in [0.1, 0.15) is 0 Å². The first-order valence-electron chi connectivity index (χ1n) is 17.6. The Kier molecular flexibility index (Phi) is 7.14. The number of hydrogen-bond donors (Lipinski definition) is 0. The third-order valence-electron chi connectivity index (χ3n) is 10.0. The molecule has 0 amide bonds. The zero-order chi connectivity index (χ0) is 34.4. The maximum absolute atomic E-state index is 5.40. The van der Waals surface area contributed by atoms with Gasteiger partial charge >= 0.3 is 0 Å². The van der Waals surface area contributed by atoms with Crippen LogP contribution in [-0.2, 0) is 0 Å². The summed E-state index contributed by atoms with van der Waals surface area (Å²) in [5.74, 6) is 0. The van der Waals surface area contributed by atoms with Crippen LogP contribution in [0.4, 0.5) is 0 Å². The predicted octanol–water partition coefficient (Wildman–Crippen LogP) is 12.8. The van der Waals surface area contributed by atoms with Crippen molar-refractivity contribution in [2.45, 2.75) is 0 Å². The Labute approximate surface area is 301 Å². The average Bonchev–Trinajstić information content (AvgIpc) is 3.22. The third-order valence-corrected chi connectivity index (χ3v) is 10.0. The lowest BCUT2D eigenvalue weighted by molar-refractivity contribution is 1.33. The van der Waals surface area contributed by atoms with Crippen LogP contribution in [0, 0.1) is 0 Å². The molecule has 3 aromatic heterocycles. The van der Waals surface area contributed by atoms with Gasteiger partial charge in [-0.15, -0.1) is 0 Å². The van der Waals surface area contributed by atoms with E-state index >= 15 is 0 Å². The molecule has 10 aromatic rings. The molecule has 0 aliphatic carbocycles. The van der Waals surface area contributed by atoms with Crippen molar-refractivity contribution in [1.82, 2.24) is 15.0 Å². The minimum atomic E-state index is 0.917. The highest BCUT2D eigenvalue weighted by Crippen LogP contribution is 2.38. The summed E-state index contributed by atoms with van der Waals surface area (Å²) in [5, 5.41) is 8.12. The second kappa shape index (κ2) is 12.4. The van der Waals surface area contributed by atoms with Gasteiger partial charge in [-0.2, -0.15) is 0 Å². The maximum atomic E-state index is 5.40. The summed E-state index contributed by atoms with van der Waals surface area (Å²) < 4.78 is 0. The van der Waals surface area contributed by atoms with Crippen molar-refractivity contribution >= 4 is 43.2 Å². The second-order valence-corrected chi connectivity index (χ2v) is 13.3. The molecule has 3 nitrogen and oxygen atoms in total. The molecular formula is C49H31N3. The van der Waals surface area contributed by atoms with Crippen molar-refractivity contribution in [3.05, 3.63) is 188 Å². The second-order valence-electron chi connectivity index (χ2n) is 13.3. The molecule has 0 spiro atoms. The fourth-order valence-corrected chi connectivity index (χ4v) is 7.43. The minimum Gasteiger partial charge on any atom is -0.256 e. The lowest BCUT2D eigenvalue weighted by atomic mass is 9.93. The quantitative estimate of drug-likeness (QED) is 0.184. The van der Waals surface area contributed by atoms with Gasteiger partial charge in [-0.1, -0.05) is 133 Å². The maximum Gasteiger partial charge on any atom is 0.0721 e. The number of pyridine rings is 3. The molecular weight excluding hydrogens is 631 g/mol. The van der Waals surface area contributed by atoms with E-state index in [1.807, 2.05) is 12.3 Å². The van der Waals surface area contributed by atoms with Gasteiger partial charge in [-0.3, -0.25) is 4.98 Å². The van der Waals surface area contributed by atoms with Crippen molar-refractivity contribution in [1.29, 1.82) is 0 Å². The summed E-state index contributed by atoms with van der Waals surface area (Å²) in [6, 6.07) is 64.3. The topological polar surface area (TPSA) is 38.7 Å². The van der Waals surface area contributed by atoms with Crippen LogP contribution in [0.25, 0.3) is 99.4 Å². The molecule has 0 aliphatic rings. The summed E-state index contributed by atoms with van der Waals surface area (Å²) in [7, 11) is 0. The zero-order valence-electron chi connectivity index (χ0n) is 28.2. The molecule has 242 valence electrons. The van der Waals surface area contributed by atoms with E-state index in [-0.39, 0.29) is 0 Å². The number of nitrogens with zero attached hydrogens (tertiary/aromatic N) is 3. The van der Waals surface area contributed by atoms with Gasteiger partial charge in [-0.05, 0) is 86.6 Å². The van der Waals surface area contributed by atoms with E-state index < -0.39 is 0 Å². The summed E-state index contributed by atoms with van der Waals surface area (Å²) in [5.41, 5.74) is 11.1. The number of hydrogen-bond acceptors (Lipinski definition) is 3. The summed E-state index contributed by atoms with van der Waals surface area (Å²) in [4.78, 5) is 15.5. The summed E-state index contributed by atoms with van der Waals surface area (Å²) in [6.07, 6.45) is 1.97. The first-order valence-corrected chi connectivity index (χ1v) is 17.6. The van der Waals surface area contributed by atoms with Gasteiger partial charge in [0.05, 0.1) is 28.3 Å². The standard InChI is InChI=1S/C49H31N3/c1-2-15-36-31-50-47(28-35(36)14-1)40-26-37(25-39(27-40)46-24-23-34-13-5-8-22-45(34)51-46)38-29-48(43-20-9-16-32-11-3-6-18-41(32)43)52-49(30-38)44-21-10-17-33-12-4-7-19-42(33)44/h1-31H. The molecule has 0 fully saturated rings. The number of rotatable bonds is 5. The van der Waals surface area contributed by atoms with Crippen LogP contribution in [0.2, 0.25) is 0 Å². The molecule has 0 unspecified atom stereocenters. The van der Waals surface area contributed by atoms with Crippen LogP contribution in [0.5, 0.6) is 0 Å². The summed E-state index contributed by atoms with van der Waals surface area (Å²) >= 11 is 0. The highest BCUT2D eigenvalue weighted by molar-refractivity contribution is 6.00. The minimum absolute atomic E-state index is 0.917. The van der Waals surface area contributed by atoms with E-state index in [0.717, 1.165) is 77.8 Å². The molecule has 0 N–H and O–H groups in total. The highest BCUT2D eigenvalue weighted by atomic mass is 14.7. The lowest BCUT2D eigenvalue weighted by Crippen LogP contribution is -1.94. The summed E-state index contributed by atoms with van der Waals surface area (Å²) in [6.45, 7) is 0. The van der Waals surface area contributed by atoms with E-state index in [1.165, 1.54) is 21.5 Å². The molecule has 7 aromatic carbocycles. The smallest absolute Gasteiger partial charge is 0.0721 e. The predicted molar refractivity (Wildman–Crippen MR) is 217 cm³/mol. The van der Waals surface area contributed by atoms with E-state index in [2.05, 4.69) is 176 Å². The monoisotopic (exact) mass is 661 g/mol. The first-order chi connectivity index (χ1) is 25.7. The Hall–Kier alpha value is -6.97. The molecule has 0 atom stereocenters. The Morgan fingerprint density at radius 3 is 1.50 bits per heavy atom. The van der Waals surface area contributed by atoms with Gasteiger partial charge in [0.2, 0.25) is 0 Å². The fraction of sp³-hybridized carbons (Fsp3) is 0. The van der Waals surface area contributed by atoms with Crippen LogP contribution in [0.1, 0.15) is 0 Å². The van der Waals surface area contributed by atoms with E-state index in [0.29, 0.717) is 0 Å². The molecule has 0 radical (unpaired) electrons. The molecule has 0 aliphatic heterocycles. The molecule has 0 bridgehead atoms. The Morgan fingerprint density at radius 2 is 0.808 bits per heavy atom. The van der Waals surface area contributed by atoms with Gasteiger partial charge < -0.3 is 0 Å². The van der Waals surface area contributed by atoms with Gasteiger partial charge in [0.25, 0.3) is 0 Å². The molecule has 0 saturated carbocycles. The SMILES string of the molecule is c1ccc2cc(-c3cc(-c4cc(-c5cccc6ccccc56)nc(-c5cccc6ccccc56)c4)cc(-c4ccc5ccccc5n4)c3)ncc2c1. The number of fused-ring (bicyclic) bond motifs is 4. The molecule has 10 rings (SSSR count). The van der Waals surface area contributed by atoms with Crippen molar-refractivity contribution in [2.24, 2.45) is 0 Å². The largest absolute Gasteiger partial charge is 0.256 e. The molecule has 3 heterocycles. The van der Waals surface area contributed by atoms with Crippen LogP contribution in [0.3, 0.4) is 0 Å². The van der Waals surface area contributed by atoms with E-state index in [4.69, 9.17) is 15.0 Å². The van der Waals surface area contributed by atoms with Crippen LogP contribution >= 0.6 is 0 Å². The Balaban J connectivity index is 1.24. The molecule has 0 saturated heterocycles. The lowest BCUT2D eigenvalue weighted by Gasteiger charge is -2.15. The molecule has 52 heavy (non-hydrogen) atoms. The number of benzene rings is 7. The first kappa shape index (κ1) is 29.9. The zero-order valence-corrected chi connectivity index (χ0v) is 28.2. The van der Waals surface area contributed by atoms with Gasteiger partial charge in [0, 0.05) is 39.2 Å². The third kappa shape index (κ3) is 5.37. The van der Waals surface area contributed by atoms with E-state index in [1.54, 1.807) is 0 Å². The van der Waals surface area contributed by atoms with Gasteiger partial charge in [-0.25, -0.2) is 9.97 Å². The normalized spacial score (nSPS) is 11.5. The van der Waals surface area contributed by atoms with Crippen LogP contribution in [-0.4, -0.2) is 15.0 Å². The molecule has 3 heteroatoms. The van der Waals surface area contributed by atoms with Crippen molar-refractivity contribution in [2.75, 3.05) is 0 Å². The van der Waals surface area contributed by atoms with Crippen molar-refractivity contribution < 1.29 is 0 Å². The average molecular weight is 662 g/mol. The number of para-hydroxylation sites is 1. The number of aromatic nitrogens is 3. The fourth-order valence-electron chi connectivity index (χ4n) is 7.43. The Bertz CT molecular complexity index is 2770. The Morgan fingerprint density at radius 1 is 0.288 bits per heavy atom. The van der Waals surface area contributed by atoms with Crippen molar-refractivity contribution in [3.8, 4) is 56.2 Å².